The number of hydrogen-bond donors (Lipinski definition) is 0. The summed E-state index contributed by atoms with van der Waals surface area (Å²) in [5.41, 5.74) is 0.918. The van der Waals surface area contributed by atoms with E-state index in [1.54, 1.807) is 49.4 Å². The highest BCUT2D eigenvalue weighted by Crippen LogP contribution is 2.24. The average molecular weight is 325 g/mol. The molecule has 0 radical (unpaired) electrons. The van der Waals surface area contributed by atoms with Gasteiger partial charge in [0.05, 0.1) is 19.3 Å². The number of nitriles is 1. The van der Waals surface area contributed by atoms with Gasteiger partial charge in [0, 0.05) is 11.6 Å². The number of benzene rings is 1. The lowest BCUT2D eigenvalue weighted by Crippen LogP contribution is -2.05. The van der Waals surface area contributed by atoms with Gasteiger partial charge in [0.2, 0.25) is 0 Å². The maximum Gasteiger partial charge on any atom is 0.349 e. The molecule has 0 fully saturated rings. The van der Waals surface area contributed by atoms with Crippen LogP contribution in [-0.2, 0) is 14.3 Å². The number of furan rings is 1. The molecule has 6 nitrogen and oxygen atoms in total. The summed E-state index contributed by atoms with van der Waals surface area (Å²) in [7, 11) is 1.31. The number of carbonyl (C=O) groups excluding carboxylic acids is 2. The van der Waals surface area contributed by atoms with Crippen molar-refractivity contribution < 1.29 is 23.5 Å². The number of esters is 2. The third-order valence-electron chi connectivity index (χ3n) is 3.10. The fraction of sp³-hybridized carbons (Fsp3) is 0.167. The minimum atomic E-state index is -0.703. The van der Waals surface area contributed by atoms with E-state index in [1.807, 2.05) is 0 Å². The average Bonchev–Trinajstić information content (AvgIpc) is 3.08. The summed E-state index contributed by atoms with van der Waals surface area (Å²) in [5, 5.41) is 9.02. The molecule has 1 aromatic carbocycles. The predicted molar refractivity (Wildman–Crippen MR) is 85.7 cm³/mol. The standard InChI is InChI=1S/C18H15NO5/c1-3-23-18(21)14(11-19)10-15-7-8-16(24-15)12-5-4-6-13(9-12)17(20)22-2/h4-10H,3H2,1-2H3. The minimum Gasteiger partial charge on any atom is -0.465 e. The van der Waals surface area contributed by atoms with Crippen LogP contribution in [0, 0.1) is 11.3 Å². The Labute approximate surface area is 138 Å². The van der Waals surface area contributed by atoms with Crippen molar-refractivity contribution >= 4 is 18.0 Å². The minimum absolute atomic E-state index is 0.152. The normalized spacial score (nSPS) is 10.8. The van der Waals surface area contributed by atoms with E-state index >= 15 is 0 Å². The van der Waals surface area contributed by atoms with E-state index in [2.05, 4.69) is 4.74 Å². The van der Waals surface area contributed by atoms with Gasteiger partial charge in [-0.2, -0.15) is 5.26 Å². The molecule has 0 spiro atoms. The summed E-state index contributed by atoms with van der Waals surface area (Å²) in [6.07, 6.45) is 1.31. The van der Waals surface area contributed by atoms with Gasteiger partial charge in [0.25, 0.3) is 0 Å². The first kappa shape index (κ1) is 17.0. The first-order valence-electron chi connectivity index (χ1n) is 7.16. The SMILES string of the molecule is CCOC(=O)C(C#N)=Cc1ccc(-c2cccc(C(=O)OC)c2)o1. The molecule has 122 valence electrons. The number of rotatable bonds is 5. The molecule has 0 bridgehead atoms. The van der Waals surface area contributed by atoms with Crippen molar-refractivity contribution in [1.82, 2.24) is 0 Å². The molecule has 24 heavy (non-hydrogen) atoms. The first-order valence-corrected chi connectivity index (χ1v) is 7.16. The predicted octanol–water partition coefficient (Wildman–Crippen LogP) is 3.20. The van der Waals surface area contributed by atoms with Crippen molar-refractivity contribution in [2.24, 2.45) is 0 Å². The second-order valence-electron chi connectivity index (χ2n) is 4.66. The molecule has 1 aromatic heterocycles. The molecule has 0 saturated heterocycles. The van der Waals surface area contributed by atoms with Gasteiger partial charge in [-0.05, 0) is 31.2 Å². The molecular weight excluding hydrogens is 310 g/mol. The van der Waals surface area contributed by atoms with E-state index in [0.29, 0.717) is 22.6 Å². The highest BCUT2D eigenvalue weighted by molar-refractivity contribution is 5.97. The van der Waals surface area contributed by atoms with E-state index < -0.39 is 11.9 Å². The van der Waals surface area contributed by atoms with Gasteiger partial charge in [-0.3, -0.25) is 0 Å². The fourth-order valence-electron chi connectivity index (χ4n) is 1.99. The monoisotopic (exact) mass is 325 g/mol. The smallest absolute Gasteiger partial charge is 0.349 e. The Morgan fingerprint density at radius 3 is 2.75 bits per heavy atom. The van der Waals surface area contributed by atoms with E-state index in [1.165, 1.54) is 13.2 Å². The van der Waals surface area contributed by atoms with Crippen LogP contribution in [0.15, 0.2) is 46.4 Å². The molecule has 0 aliphatic heterocycles. The van der Waals surface area contributed by atoms with Crippen LogP contribution in [0.3, 0.4) is 0 Å². The molecule has 2 rings (SSSR count). The largest absolute Gasteiger partial charge is 0.465 e. The summed E-state index contributed by atoms with van der Waals surface area (Å²) < 4.78 is 15.1. The van der Waals surface area contributed by atoms with E-state index in [-0.39, 0.29) is 12.2 Å². The number of hydrogen-bond acceptors (Lipinski definition) is 6. The van der Waals surface area contributed by atoms with E-state index in [9.17, 15) is 9.59 Å². The van der Waals surface area contributed by atoms with Crippen molar-refractivity contribution in [2.75, 3.05) is 13.7 Å². The van der Waals surface area contributed by atoms with Gasteiger partial charge in [-0.15, -0.1) is 0 Å². The Morgan fingerprint density at radius 1 is 1.29 bits per heavy atom. The zero-order valence-electron chi connectivity index (χ0n) is 13.2. The topological polar surface area (TPSA) is 89.5 Å². The van der Waals surface area contributed by atoms with Crippen LogP contribution in [0.4, 0.5) is 0 Å². The van der Waals surface area contributed by atoms with Gasteiger partial charge < -0.3 is 13.9 Å². The molecule has 0 atom stereocenters. The number of ether oxygens (including phenoxy) is 2. The maximum absolute atomic E-state index is 11.6. The lowest BCUT2D eigenvalue weighted by atomic mass is 10.1. The highest BCUT2D eigenvalue weighted by Gasteiger charge is 2.12. The molecule has 0 aliphatic carbocycles. The molecule has 0 aliphatic rings. The third kappa shape index (κ3) is 3.90. The number of methoxy groups -OCH3 is 1. The zero-order valence-corrected chi connectivity index (χ0v) is 13.2. The quantitative estimate of drug-likeness (QED) is 0.476. The molecule has 0 unspecified atom stereocenters. The molecule has 1 heterocycles. The highest BCUT2D eigenvalue weighted by atomic mass is 16.5. The molecule has 6 heteroatoms. The van der Waals surface area contributed by atoms with Crippen LogP contribution < -0.4 is 0 Å². The summed E-state index contributed by atoms with van der Waals surface area (Å²) in [6, 6.07) is 11.8. The molecule has 0 saturated carbocycles. The number of nitrogens with zero attached hydrogens (tertiary/aromatic N) is 1. The Hall–Kier alpha value is -3.33. The van der Waals surface area contributed by atoms with E-state index in [0.717, 1.165) is 0 Å². The van der Waals surface area contributed by atoms with Crippen molar-refractivity contribution in [1.29, 1.82) is 5.26 Å². The lowest BCUT2D eigenvalue weighted by molar-refractivity contribution is -0.137. The van der Waals surface area contributed by atoms with Gasteiger partial charge in [-0.1, -0.05) is 12.1 Å². The Morgan fingerprint density at radius 2 is 2.08 bits per heavy atom. The Balaban J connectivity index is 2.29. The van der Waals surface area contributed by atoms with Crippen LogP contribution in [0.1, 0.15) is 23.0 Å². The molecular formula is C18H15NO5. The van der Waals surface area contributed by atoms with Crippen LogP contribution in [-0.4, -0.2) is 25.7 Å². The Kier molecular flexibility index (Phi) is 5.53. The van der Waals surface area contributed by atoms with Crippen molar-refractivity contribution in [2.45, 2.75) is 6.92 Å². The van der Waals surface area contributed by atoms with Crippen LogP contribution in [0.2, 0.25) is 0 Å². The first-order chi connectivity index (χ1) is 11.6. The zero-order chi connectivity index (χ0) is 17.5. The third-order valence-corrected chi connectivity index (χ3v) is 3.10. The van der Waals surface area contributed by atoms with Gasteiger partial charge in [0.1, 0.15) is 23.2 Å². The molecule has 2 aromatic rings. The summed E-state index contributed by atoms with van der Waals surface area (Å²) in [5.74, 6) is -0.325. The van der Waals surface area contributed by atoms with Gasteiger partial charge >= 0.3 is 11.9 Å². The molecule has 0 N–H and O–H groups in total. The van der Waals surface area contributed by atoms with Crippen LogP contribution in [0.25, 0.3) is 17.4 Å². The Bertz CT molecular complexity index is 826. The van der Waals surface area contributed by atoms with Crippen LogP contribution in [0.5, 0.6) is 0 Å². The summed E-state index contributed by atoms with van der Waals surface area (Å²) in [6.45, 7) is 1.84. The second kappa shape index (κ2) is 7.79. The summed E-state index contributed by atoms with van der Waals surface area (Å²) in [4.78, 5) is 23.2. The van der Waals surface area contributed by atoms with Crippen molar-refractivity contribution in [3.63, 3.8) is 0 Å². The van der Waals surface area contributed by atoms with E-state index in [4.69, 9.17) is 14.4 Å². The second-order valence-corrected chi connectivity index (χ2v) is 4.66. The molecule has 0 amide bonds. The maximum atomic E-state index is 11.6. The van der Waals surface area contributed by atoms with Crippen molar-refractivity contribution in [3.8, 4) is 17.4 Å². The van der Waals surface area contributed by atoms with Gasteiger partial charge in [0.15, 0.2) is 0 Å². The van der Waals surface area contributed by atoms with Gasteiger partial charge in [-0.25, -0.2) is 9.59 Å². The van der Waals surface area contributed by atoms with Crippen LogP contribution >= 0.6 is 0 Å². The fourth-order valence-corrected chi connectivity index (χ4v) is 1.99. The lowest BCUT2D eigenvalue weighted by Gasteiger charge is -2.01. The summed E-state index contributed by atoms with van der Waals surface area (Å²) >= 11 is 0. The van der Waals surface area contributed by atoms with Crippen molar-refractivity contribution in [3.05, 3.63) is 53.3 Å². The number of carbonyl (C=O) groups is 2.